The lowest BCUT2D eigenvalue weighted by Crippen LogP contribution is -2.14. The van der Waals surface area contributed by atoms with Crippen molar-refractivity contribution < 1.29 is 14.3 Å². The highest BCUT2D eigenvalue weighted by molar-refractivity contribution is 6.00. The standard InChI is InChI=1S/C13H14N2O3/c1-17-5-6-18-12-8-11-9(3-2-4-15-11)7-10(12)13(14)16/h2-4,7-8H,5-6H2,1H3,(H2,14,16). The number of amides is 1. The van der Waals surface area contributed by atoms with E-state index >= 15 is 0 Å². The molecule has 18 heavy (non-hydrogen) atoms. The Balaban J connectivity index is 2.41. The number of fused-ring (bicyclic) bond motifs is 1. The van der Waals surface area contributed by atoms with E-state index in [9.17, 15) is 4.79 Å². The number of primary amides is 1. The van der Waals surface area contributed by atoms with Gasteiger partial charge in [-0.3, -0.25) is 9.78 Å². The minimum atomic E-state index is -0.520. The SMILES string of the molecule is COCCOc1cc2ncccc2cc1C(N)=O. The largest absolute Gasteiger partial charge is 0.490 e. The van der Waals surface area contributed by atoms with Crippen LogP contribution in [0.5, 0.6) is 5.75 Å². The Bertz CT molecular complexity index is 569. The minimum Gasteiger partial charge on any atom is -0.490 e. The summed E-state index contributed by atoms with van der Waals surface area (Å²) in [7, 11) is 1.58. The topological polar surface area (TPSA) is 74.4 Å². The van der Waals surface area contributed by atoms with E-state index in [0.717, 1.165) is 10.9 Å². The Morgan fingerprint density at radius 3 is 2.94 bits per heavy atom. The van der Waals surface area contributed by atoms with Crippen LogP contribution in [0.15, 0.2) is 30.5 Å². The van der Waals surface area contributed by atoms with Crippen molar-refractivity contribution in [2.24, 2.45) is 5.73 Å². The Hall–Kier alpha value is -2.14. The van der Waals surface area contributed by atoms with E-state index in [-0.39, 0.29) is 0 Å². The molecule has 0 aliphatic rings. The van der Waals surface area contributed by atoms with Crippen molar-refractivity contribution in [3.05, 3.63) is 36.0 Å². The minimum absolute atomic E-state index is 0.353. The third-order valence-electron chi connectivity index (χ3n) is 2.51. The molecule has 0 bridgehead atoms. The predicted octanol–water partition coefficient (Wildman–Crippen LogP) is 1.36. The van der Waals surface area contributed by atoms with Gasteiger partial charge in [0.05, 0.1) is 17.7 Å². The molecule has 1 heterocycles. The van der Waals surface area contributed by atoms with Crippen LogP contribution in [-0.2, 0) is 4.74 Å². The normalized spacial score (nSPS) is 10.5. The Morgan fingerprint density at radius 2 is 2.22 bits per heavy atom. The fourth-order valence-corrected chi connectivity index (χ4v) is 1.65. The lowest BCUT2D eigenvalue weighted by molar-refractivity contribution is 0.0992. The molecule has 0 atom stereocenters. The van der Waals surface area contributed by atoms with Crippen molar-refractivity contribution in [1.82, 2.24) is 4.98 Å². The molecule has 94 valence electrons. The molecule has 5 nitrogen and oxygen atoms in total. The third kappa shape index (κ3) is 2.57. The first-order valence-corrected chi connectivity index (χ1v) is 5.52. The number of methoxy groups -OCH3 is 1. The molecule has 1 aromatic carbocycles. The van der Waals surface area contributed by atoms with Gasteiger partial charge in [0, 0.05) is 24.8 Å². The van der Waals surface area contributed by atoms with Gasteiger partial charge >= 0.3 is 0 Å². The highest BCUT2D eigenvalue weighted by atomic mass is 16.5. The molecule has 0 saturated carbocycles. The first kappa shape index (κ1) is 12.3. The third-order valence-corrected chi connectivity index (χ3v) is 2.51. The molecule has 0 unspecified atom stereocenters. The number of hydrogen-bond acceptors (Lipinski definition) is 4. The van der Waals surface area contributed by atoms with Crippen LogP contribution >= 0.6 is 0 Å². The molecule has 2 aromatic rings. The molecule has 2 rings (SSSR count). The lowest BCUT2D eigenvalue weighted by atomic mass is 10.1. The average Bonchev–Trinajstić information content (AvgIpc) is 2.38. The summed E-state index contributed by atoms with van der Waals surface area (Å²) in [6, 6.07) is 7.07. The van der Waals surface area contributed by atoms with Gasteiger partial charge in [-0.2, -0.15) is 0 Å². The van der Waals surface area contributed by atoms with Gasteiger partial charge in [-0.25, -0.2) is 0 Å². The van der Waals surface area contributed by atoms with Gasteiger partial charge in [0.1, 0.15) is 12.4 Å². The molecular formula is C13H14N2O3. The predicted molar refractivity (Wildman–Crippen MR) is 67.6 cm³/mol. The Labute approximate surface area is 105 Å². The number of nitrogens with zero attached hydrogens (tertiary/aromatic N) is 1. The average molecular weight is 246 g/mol. The van der Waals surface area contributed by atoms with E-state index in [1.54, 1.807) is 31.5 Å². The highest BCUT2D eigenvalue weighted by Gasteiger charge is 2.11. The maximum Gasteiger partial charge on any atom is 0.252 e. The fourth-order valence-electron chi connectivity index (χ4n) is 1.65. The number of benzene rings is 1. The lowest BCUT2D eigenvalue weighted by Gasteiger charge is -2.10. The van der Waals surface area contributed by atoms with Crippen molar-refractivity contribution >= 4 is 16.8 Å². The maximum absolute atomic E-state index is 11.4. The van der Waals surface area contributed by atoms with Crippen LogP contribution < -0.4 is 10.5 Å². The van der Waals surface area contributed by atoms with Crippen molar-refractivity contribution in [3.8, 4) is 5.75 Å². The van der Waals surface area contributed by atoms with E-state index in [2.05, 4.69) is 4.98 Å². The summed E-state index contributed by atoms with van der Waals surface area (Å²) in [5.74, 6) is -0.0843. The fraction of sp³-hybridized carbons (Fsp3) is 0.231. The van der Waals surface area contributed by atoms with Crippen molar-refractivity contribution in [2.45, 2.75) is 0 Å². The summed E-state index contributed by atoms with van der Waals surface area (Å²) in [5, 5.41) is 0.852. The number of carbonyl (C=O) groups is 1. The van der Waals surface area contributed by atoms with Gasteiger partial charge in [-0.15, -0.1) is 0 Å². The van der Waals surface area contributed by atoms with E-state index in [4.69, 9.17) is 15.2 Å². The van der Waals surface area contributed by atoms with Gasteiger partial charge in [0.15, 0.2) is 0 Å². The van der Waals surface area contributed by atoms with E-state index < -0.39 is 5.91 Å². The zero-order valence-electron chi connectivity index (χ0n) is 10.1. The molecule has 1 aromatic heterocycles. The van der Waals surface area contributed by atoms with Gasteiger partial charge < -0.3 is 15.2 Å². The van der Waals surface area contributed by atoms with Crippen molar-refractivity contribution in [1.29, 1.82) is 0 Å². The van der Waals surface area contributed by atoms with Crippen molar-refractivity contribution in [3.63, 3.8) is 0 Å². The second-order valence-electron chi connectivity index (χ2n) is 3.75. The van der Waals surface area contributed by atoms with E-state index in [0.29, 0.717) is 24.5 Å². The smallest absolute Gasteiger partial charge is 0.252 e. The summed E-state index contributed by atoms with van der Waals surface area (Å²) in [4.78, 5) is 15.6. The molecule has 2 N–H and O–H groups in total. The first-order chi connectivity index (χ1) is 8.72. The van der Waals surface area contributed by atoms with E-state index in [1.165, 1.54) is 0 Å². The number of hydrogen-bond donors (Lipinski definition) is 1. The van der Waals surface area contributed by atoms with Gasteiger partial charge in [0.2, 0.25) is 0 Å². The van der Waals surface area contributed by atoms with Crippen LogP contribution in [0.1, 0.15) is 10.4 Å². The number of nitrogens with two attached hydrogens (primary N) is 1. The number of aromatic nitrogens is 1. The van der Waals surface area contributed by atoms with Gasteiger partial charge in [-0.05, 0) is 12.1 Å². The molecule has 5 heteroatoms. The monoisotopic (exact) mass is 246 g/mol. The summed E-state index contributed by atoms with van der Waals surface area (Å²) in [6.45, 7) is 0.799. The zero-order valence-corrected chi connectivity index (χ0v) is 10.1. The molecule has 0 radical (unpaired) electrons. The van der Waals surface area contributed by atoms with Crippen LogP contribution in [-0.4, -0.2) is 31.2 Å². The summed E-state index contributed by atoms with van der Waals surface area (Å²) >= 11 is 0. The highest BCUT2D eigenvalue weighted by Crippen LogP contribution is 2.24. The first-order valence-electron chi connectivity index (χ1n) is 5.52. The number of rotatable bonds is 5. The Morgan fingerprint density at radius 1 is 1.39 bits per heavy atom. The molecule has 0 saturated heterocycles. The second kappa shape index (κ2) is 5.46. The maximum atomic E-state index is 11.4. The number of pyridine rings is 1. The molecule has 0 fully saturated rings. The molecule has 0 aliphatic carbocycles. The molecule has 0 aliphatic heterocycles. The summed E-state index contributed by atoms with van der Waals surface area (Å²) < 4.78 is 10.4. The quantitative estimate of drug-likeness (QED) is 0.808. The summed E-state index contributed by atoms with van der Waals surface area (Å²) in [5.41, 5.74) is 6.45. The van der Waals surface area contributed by atoms with Crippen molar-refractivity contribution in [2.75, 3.05) is 20.3 Å². The number of carbonyl (C=O) groups excluding carboxylic acids is 1. The van der Waals surface area contributed by atoms with Crippen LogP contribution in [0.4, 0.5) is 0 Å². The van der Waals surface area contributed by atoms with Crippen LogP contribution in [0.3, 0.4) is 0 Å². The molecule has 0 spiro atoms. The van der Waals surface area contributed by atoms with Crippen LogP contribution in [0, 0.1) is 0 Å². The zero-order chi connectivity index (χ0) is 13.0. The molecule has 1 amide bonds. The van der Waals surface area contributed by atoms with Gasteiger partial charge in [-0.1, -0.05) is 6.07 Å². The molecular weight excluding hydrogens is 232 g/mol. The van der Waals surface area contributed by atoms with Crippen LogP contribution in [0.2, 0.25) is 0 Å². The number of ether oxygens (including phenoxy) is 2. The van der Waals surface area contributed by atoms with Gasteiger partial charge in [0.25, 0.3) is 5.91 Å². The van der Waals surface area contributed by atoms with E-state index in [1.807, 2.05) is 6.07 Å². The Kier molecular flexibility index (Phi) is 3.74. The second-order valence-corrected chi connectivity index (χ2v) is 3.75. The summed E-state index contributed by atoms with van der Waals surface area (Å²) in [6.07, 6.45) is 1.69. The van der Waals surface area contributed by atoms with Crippen LogP contribution in [0.25, 0.3) is 10.9 Å².